The van der Waals surface area contributed by atoms with Crippen LogP contribution in [0.5, 0.6) is 0 Å². The first-order chi connectivity index (χ1) is 18.1. The van der Waals surface area contributed by atoms with Crippen molar-refractivity contribution in [1.82, 2.24) is 14.7 Å². The van der Waals surface area contributed by atoms with Crippen molar-refractivity contribution < 1.29 is 14.7 Å². The second-order valence-corrected chi connectivity index (χ2v) is 11.8. The molecule has 2 fully saturated rings. The Labute approximate surface area is 224 Å². The SMILES string of the molecule is Cc1ccc(-n2nc(C(C)(C)C)cc2NC(=O)Nc2ccc(CC3CC4CCC(C3)N4C(=O)O)cc2)cc1. The molecule has 1 aromatic heterocycles. The van der Waals surface area contributed by atoms with Crippen molar-refractivity contribution in [2.75, 3.05) is 10.6 Å². The monoisotopic (exact) mass is 515 g/mol. The number of carbonyl (C=O) groups excluding carboxylic acids is 1. The number of aromatic nitrogens is 2. The van der Waals surface area contributed by atoms with Gasteiger partial charge in [-0.1, -0.05) is 50.6 Å². The van der Waals surface area contributed by atoms with Crippen LogP contribution in [-0.2, 0) is 11.8 Å². The predicted octanol–water partition coefficient (Wildman–Crippen LogP) is 6.59. The van der Waals surface area contributed by atoms with E-state index in [1.54, 1.807) is 9.58 Å². The molecule has 8 nitrogen and oxygen atoms in total. The first kappa shape index (κ1) is 25.8. The summed E-state index contributed by atoms with van der Waals surface area (Å²) in [5.41, 5.74) is 4.68. The number of carboxylic acid groups (broad SMARTS) is 1. The lowest BCUT2D eigenvalue weighted by atomic mass is 9.86. The van der Waals surface area contributed by atoms with E-state index in [0.29, 0.717) is 17.4 Å². The molecule has 0 spiro atoms. The van der Waals surface area contributed by atoms with E-state index in [1.165, 1.54) is 5.56 Å². The van der Waals surface area contributed by atoms with Gasteiger partial charge in [-0.3, -0.25) is 5.32 Å². The lowest BCUT2D eigenvalue weighted by Crippen LogP contribution is -2.46. The zero-order valence-electron chi connectivity index (χ0n) is 22.6. The van der Waals surface area contributed by atoms with E-state index in [1.807, 2.05) is 49.4 Å². The Morgan fingerprint density at radius 1 is 0.974 bits per heavy atom. The Balaban J connectivity index is 1.23. The highest BCUT2D eigenvalue weighted by Crippen LogP contribution is 2.40. The first-order valence-electron chi connectivity index (χ1n) is 13.4. The molecule has 2 aliphatic rings. The summed E-state index contributed by atoms with van der Waals surface area (Å²) < 4.78 is 1.77. The van der Waals surface area contributed by atoms with Crippen molar-refractivity contribution in [3.05, 3.63) is 71.4 Å². The molecule has 3 amide bonds. The van der Waals surface area contributed by atoms with Crippen LogP contribution in [0.4, 0.5) is 21.1 Å². The van der Waals surface area contributed by atoms with Gasteiger partial charge in [0.05, 0.1) is 11.4 Å². The van der Waals surface area contributed by atoms with Crippen LogP contribution in [0, 0.1) is 12.8 Å². The highest BCUT2D eigenvalue weighted by atomic mass is 16.4. The van der Waals surface area contributed by atoms with Crippen LogP contribution in [-0.4, -0.2) is 44.0 Å². The molecule has 5 rings (SSSR count). The number of hydrogen-bond donors (Lipinski definition) is 3. The van der Waals surface area contributed by atoms with Crippen LogP contribution in [0.3, 0.4) is 0 Å². The number of nitrogens with one attached hydrogen (secondary N) is 2. The molecule has 3 aromatic rings. The molecule has 2 unspecified atom stereocenters. The standard InChI is InChI=1S/C30H37N5O3/c1-19-5-11-23(12-6-19)35-27(18-26(33-35)30(2,3)4)32-28(36)31-22-9-7-20(8-10-22)15-21-16-24-13-14-25(17-21)34(24)29(37)38/h5-12,18,21,24-25H,13-17H2,1-4H3,(H,37,38)(H2,31,32,36). The lowest BCUT2D eigenvalue weighted by molar-refractivity contribution is 0.0850. The molecule has 2 atom stereocenters. The van der Waals surface area contributed by atoms with E-state index in [4.69, 9.17) is 5.10 Å². The summed E-state index contributed by atoms with van der Waals surface area (Å²) >= 11 is 0. The molecule has 0 radical (unpaired) electrons. The molecule has 2 aliphatic heterocycles. The number of rotatable bonds is 5. The van der Waals surface area contributed by atoms with Gasteiger partial charge in [-0.25, -0.2) is 14.3 Å². The summed E-state index contributed by atoms with van der Waals surface area (Å²) in [6, 6.07) is 17.9. The minimum Gasteiger partial charge on any atom is -0.465 e. The largest absolute Gasteiger partial charge is 0.465 e. The molecule has 8 heteroatoms. The van der Waals surface area contributed by atoms with Crippen molar-refractivity contribution in [3.8, 4) is 5.69 Å². The summed E-state index contributed by atoms with van der Waals surface area (Å²) in [5, 5.41) is 20.2. The molecule has 2 saturated heterocycles. The maximum atomic E-state index is 12.9. The van der Waals surface area contributed by atoms with E-state index in [2.05, 4.69) is 43.5 Å². The van der Waals surface area contributed by atoms with Crippen molar-refractivity contribution in [3.63, 3.8) is 0 Å². The summed E-state index contributed by atoms with van der Waals surface area (Å²) in [7, 11) is 0. The average molecular weight is 516 g/mol. The average Bonchev–Trinajstić information content (AvgIpc) is 3.40. The van der Waals surface area contributed by atoms with Crippen LogP contribution in [0.2, 0.25) is 0 Å². The Morgan fingerprint density at radius 3 is 2.18 bits per heavy atom. The quantitative estimate of drug-likeness (QED) is 0.357. The number of anilines is 2. The van der Waals surface area contributed by atoms with Crippen molar-refractivity contribution >= 4 is 23.6 Å². The Bertz CT molecular complexity index is 1290. The van der Waals surface area contributed by atoms with Gasteiger partial charge in [-0.2, -0.15) is 5.10 Å². The number of carbonyl (C=O) groups is 2. The number of aryl methyl sites for hydroxylation is 1. The van der Waals surface area contributed by atoms with E-state index in [0.717, 1.165) is 49.0 Å². The van der Waals surface area contributed by atoms with Gasteiger partial charge in [0.1, 0.15) is 5.82 Å². The highest BCUT2D eigenvalue weighted by Gasteiger charge is 2.43. The number of fused-ring (bicyclic) bond motifs is 2. The molecule has 2 aromatic carbocycles. The third-order valence-electron chi connectivity index (χ3n) is 7.79. The molecule has 2 bridgehead atoms. The molecule has 200 valence electrons. The summed E-state index contributed by atoms with van der Waals surface area (Å²) in [6.07, 6.45) is 3.96. The van der Waals surface area contributed by atoms with E-state index in [9.17, 15) is 14.7 Å². The fourth-order valence-electron chi connectivity index (χ4n) is 5.82. The second kappa shape index (κ2) is 10.2. The molecular formula is C30H37N5O3. The van der Waals surface area contributed by atoms with Gasteiger partial charge >= 0.3 is 12.1 Å². The van der Waals surface area contributed by atoms with E-state index in [-0.39, 0.29) is 23.5 Å². The fraction of sp³-hybridized carbons (Fsp3) is 0.433. The van der Waals surface area contributed by atoms with Gasteiger partial charge < -0.3 is 15.3 Å². The van der Waals surface area contributed by atoms with Crippen LogP contribution < -0.4 is 10.6 Å². The van der Waals surface area contributed by atoms with Crippen molar-refractivity contribution in [2.45, 2.75) is 77.3 Å². The van der Waals surface area contributed by atoms with Gasteiger partial charge in [0, 0.05) is 29.3 Å². The second-order valence-electron chi connectivity index (χ2n) is 11.8. The molecular weight excluding hydrogens is 478 g/mol. The smallest absolute Gasteiger partial charge is 0.407 e. The number of nitrogens with zero attached hydrogens (tertiary/aromatic N) is 3. The maximum absolute atomic E-state index is 12.9. The lowest BCUT2D eigenvalue weighted by Gasteiger charge is -2.37. The molecule has 0 saturated carbocycles. The minimum atomic E-state index is -0.777. The number of piperidine rings is 1. The third-order valence-corrected chi connectivity index (χ3v) is 7.79. The summed E-state index contributed by atoms with van der Waals surface area (Å²) in [5.74, 6) is 1.10. The Kier molecular flexibility index (Phi) is 6.90. The topological polar surface area (TPSA) is 99.5 Å². The molecule has 0 aliphatic carbocycles. The van der Waals surface area contributed by atoms with Crippen LogP contribution in [0.25, 0.3) is 5.69 Å². The van der Waals surface area contributed by atoms with E-state index < -0.39 is 6.09 Å². The van der Waals surface area contributed by atoms with Gasteiger partial charge in [-0.05, 0) is 74.8 Å². The van der Waals surface area contributed by atoms with Gasteiger partial charge in [0.15, 0.2) is 0 Å². The van der Waals surface area contributed by atoms with Crippen molar-refractivity contribution in [1.29, 1.82) is 0 Å². The predicted molar refractivity (Wildman–Crippen MR) is 149 cm³/mol. The van der Waals surface area contributed by atoms with Gasteiger partial charge in [0.2, 0.25) is 0 Å². The number of benzene rings is 2. The summed E-state index contributed by atoms with van der Waals surface area (Å²) in [6.45, 7) is 8.33. The number of urea groups is 1. The minimum absolute atomic E-state index is 0.160. The van der Waals surface area contributed by atoms with Gasteiger partial charge in [-0.15, -0.1) is 0 Å². The highest BCUT2D eigenvalue weighted by molar-refractivity contribution is 5.99. The van der Waals surface area contributed by atoms with Crippen LogP contribution in [0.1, 0.15) is 63.3 Å². The Hall–Kier alpha value is -3.81. The first-order valence-corrected chi connectivity index (χ1v) is 13.4. The van der Waals surface area contributed by atoms with Crippen molar-refractivity contribution in [2.24, 2.45) is 5.92 Å². The zero-order valence-corrected chi connectivity index (χ0v) is 22.6. The zero-order chi connectivity index (χ0) is 27.0. The molecule has 38 heavy (non-hydrogen) atoms. The Morgan fingerprint density at radius 2 is 1.61 bits per heavy atom. The fourth-order valence-corrected chi connectivity index (χ4v) is 5.82. The number of amides is 3. The van der Waals surface area contributed by atoms with Crippen LogP contribution >= 0.6 is 0 Å². The molecule has 3 N–H and O–H groups in total. The van der Waals surface area contributed by atoms with Crippen LogP contribution in [0.15, 0.2) is 54.6 Å². The molecule has 3 heterocycles. The maximum Gasteiger partial charge on any atom is 0.407 e. The summed E-state index contributed by atoms with van der Waals surface area (Å²) in [4.78, 5) is 26.2. The normalized spacial score (nSPS) is 20.8. The third kappa shape index (κ3) is 5.54. The van der Waals surface area contributed by atoms with Gasteiger partial charge in [0.25, 0.3) is 0 Å². The number of hydrogen-bond acceptors (Lipinski definition) is 3. The van der Waals surface area contributed by atoms with E-state index >= 15 is 0 Å².